The molecule has 3 N–H and O–H groups in total. The molecule has 21 heavy (non-hydrogen) atoms. The Labute approximate surface area is 119 Å². The van der Waals surface area contributed by atoms with Gasteiger partial charge in [0.15, 0.2) is 5.54 Å². The predicted octanol–water partition coefficient (Wildman–Crippen LogP) is 2.28. The maximum absolute atomic E-state index is 13.1. The van der Waals surface area contributed by atoms with Crippen LogP contribution in [0.25, 0.3) is 0 Å². The molecule has 0 aliphatic rings. The number of carboxylic acid groups (broad SMARTS) is 1. The maximum atomic E-state index is 13.1. The molecular weight excluding hydrogens is 280 g/mol. The average Bonchev–Trinajstić information content (AvgIpc) is 2.44. The van der Waals surface area contributed by atoms with Gasteiger partial charge in [0.1, 0.15) is 24.0 Å². The van der Waals surface area contributed by atoms with Crippen LogP contribution in [0.3, 0.4) is 0 Å². The van der Waals surface area contributed by atoms with Crippen molar-refractivity contribution in [3.8, 4) is 5.75 Å². The molecule has 0 saturated carbocycles. The van der Waals surface area contributed by atoms with Crippen molar-refractivity contribution >= 4 is 5.97 Å². The number of benzene rings is 2. The standard InChI is InChI=1S/C15H13F2NO3/c16-11-6-12(17)8-13(7-11)21-9-15(18,14(19)20)10-4-2-1-3-5-10/h1-8H,9,18H2,(H,19,20). The van der Waals surface area contributed by atoms with Crippen LogP contribution in [0.1, 0.15) is 5.56 Å². The Hall–Kier alpha value is -2.47. The average molecular weight is 293 g/mol. The van der Waals surface area contributed by atoms with Gasteiger partial charge in [0, 0.05) is 18.2 Å². The van der Waals surface area contributed by atoms with E-state index in [0.717, 1.165) is 12.1 Å². The zero-order valence-corrected chi connectivity index (χ0v) is 10.9. The molecule has 2 aromatic carbocycles. The topological polar surface area (TPSA) is 72.5 Å². The Morgan fingerprint density at radius 3 is 2.24 bits per heavy atom. The van der Waals surface area contributed by atoms with Crippen molar-refractivity contribution in [1.82, 2.24) is 0 Å². The van der Waals surface area contributed by atoms with Crippen LogP contribution in [0, 0.1) is 11.6 Å². The lowest BCUT2D eigenvalue weighted by molar-refractivity contribution is -0.145. The van der Waals surface area contributed by atoms with Crippen LogP contribution >= 0.6 is 0 Å². The number of carbonyl (C=O) groups is 1. The van der Waals surface area contributed by atoms with Crippen LogP contribution < -0.4 is 10.5 Å². The molecule has 0 fully saturated rings. The highest BCUT2D eigenvalue weighted by molar-refractivity contribution is 5.80. The first-order valence-electron chi connectivity index (χ1n) is 6.08. The number of halogens is 2. The Balaban J connectivity index is 2.23. The highest BCUT2D eigenvalue weighted by atomic mass is 19.1. The fourth-order valence-electron chi connectivity index (χ4n) is 1.81. The van der Waals surface area contributed by atoms with Gasteiger partial charge in [-0.3, -0.25) is 0 Å². The molecule has 2 aromatic rings. The smallest absolute Gasteiger partial charge is 0.331 e. The summed E-state index contributed by atoms with van der Waals surface area (Å²) in [7, 11) is 0. The Morgan fingerprint density at radius 1 is 1.14 bits per heavy atom. The molecule has 0 radical (unpaired) electrons. The second-order valence-corrected chi connectivity index (χ2v) is 4.54. The molecule has 0 bridgehead atoms. The van der Waals surface area contributed by atoms with Gasteiger partial charge in [-0.2, -0.15) is 0 Å². The van der Waals surface area contributed by atoms with Gasteiger partial charge in [0.05, 0.1) is 0 Å². The van der Waals surface area contributed by atoms with E-state index in [9.17, 15) is 18.7 Å². The largest absolute Gasteiger partial charge is 0.490 e. The number of aliphatic carboxylic acids is 1. The minimum Gasteiger partial charge on any atom is -0.490 e. The zero-order valence-electron chi connectivity index (χ0n) is 10.9. The summed E-state index contributed by atoms with van der Waals surface area (Å²) in [5, 5.41) is 9.32. The van der Waals surface area contributed by atoms with E-state index in [1.165, 1.54) is 0 Å². The third-order valence-electron chi connectivity index (χ3n) is 2.97. The monoisotopic (exact) mass is 293 g/mol. The van der Waals surface area contributed by atoms with Crippen molar-refractivity contribution < 1.29 is 23.4 Å². The number of ether oxygens (including phenoxy) is 1. The Morgan fingerprint density at radius 2 is 1.71 bits per heavy atom. The van der Waals surface area contributed by atoms with E-state index in [2.05, 4.69) is 0 Å². The lowest BCUT2D eigenvalue weighted by atomic mass is 9.92. The van der Waals surface area contributed by atoms with Gasteiger partial charge in [-0.1, -0.05) is 30.3 Å². The first-order chi connectivity index (χ1) is 9.91. The fraction of sp³-hybridized carbons (Fsp3) is 0.133. The first-order valence-corrected chi connectivity index (χ1v) is 6.08. The number of hydrogen-bond donors (Lipinski definition) is 2. The molecule has 4 nitrogen and oxygen atoms in total. The second kappa shape index (κ2) is 5.88. The molecule has 0 saturated heterocycles. The Kier molecular flexibility index (Phi) is 4.18. The third kappa shape index (κ3) is 3.35. The van der Waals surface area contributed by atoms with E-state index in [-0.39, 0.29) is 5.75 Å². The lowest BCUT2D eigenvalue weighted by Crippen LogP contribution is -2.49. The van der Waals surface area contributed by atoms with E-state index in [1.807, 2.05) is 0 Å². The van der Waals surface area contributed by atoms with Gasteiger partial charge in [-0.05, 0) is 5.56 Å². The van der Waals surface area contributed by atoms with Crippen molar-refractivity contribution in [2.75, 3.05) is 6.61 Å². The molecule has 6 heteroatoms. The summed E-state index contributed by atoms with van der Waals surface area (Å²) < 4.78 is 31.3. The molecule has 0 spiro atoms. The summed E-state index contributed by atoms with van der Waals surface area (Å²) in [5.74, 6) is -3.06. The van der Waals surface area contributed by atoms with Crippen LogP contribution in [0.5, 0.6) is 5.75 Å². The van der Waals surface area contributed by atoms with Gasteiger partial charge in [-0.15, -0.1) is 0 Å². The maximum Gasteiger partial charge on any atom is 0.331 e. The van der Waals surface area contributed by atoms with Gasteiger partial charge in [0.2, 0.25) is 0 Å². The fourth-order valence-corrected chi connectivity index (χ4v) is 1.81. The van der Waals surface area contributed by atoms with Crippen molar-refractivity contribution in [1.29, 1.82) is 0 Å². The van der Waals surface area contributed by atoms with Crippen LogP contribution in [-0.2, 0) is 10.3 Å². The van der Waals surface area contributed by atoms with Crippen molar-refractivity contribution in [2.45, 2.75) is 5.54 Å². The van der Waals surface area contributed by atoms with Crippen LogP contribution in [0.2, 0.25) is 0 Å². The minimum atomic E-state index is -1.82. The molecule has 1 unspecified atom stereocenters. The van der Waals surface area contributed by atoms with E-state index in [0.29, 0.717) is 11.6 Å². The quantitative estimate of drug-likeness (QED) is 0.887. The number of hydrogen-bond acceptors (Lipinski definition) is 3. The van der Waals surface area contributed by atoms with E-state index < -0.39 is 29.7 Å². The van der Waals surface area contributed by atoms with Crippen LogP contribution in [0.15, 0.2) is 48.5 Å². The normalized spacial score (nSPS) is 13.5. The van der Waals surface area contributed by atoms with Gasteiger partial charge in [0.25, 0.3) is 0 Å². The highest BCUT2D eigenvalue weighted by Gasteiger charge is 2.37. The molecular formula is C15H13F2NO3. The lowest BCUT2D eigenvalue weighted by Gasteiger charge is -2.25. The summed E-state index contributed by atoms with van der Waals surface area (Å²) in [5.41, 5.74) is 4.39. The molecule has 110 valence electrons. The van der Waals surface area contributed by atoms with E-state index in [1.54, 1.807) is 30.3 Å². The minimum absolute atomic E-state index is 0.125. The summed E-state index contributed by atoms with van der Waals surface area (Å²) in [6.45, 7) is -0.463. The Bertz CT molecular complexity index is 628. The molecule has 0 aromatic heterocycles. The van der Waals surface area contributed by atoms with Gasteiger partial charge < -0.3 is 15.6 Å². The van der Waals surface area contributed by atoms with Gasteiger partial charge >= 0.3 is 5.97 Å². The second-order valence-electron chi connectivity index (χ2n) is 4.54. The third-order valence-corrected chi connectivity index (χ3v) is 2.97. The van der Waals surface area contributed by atoms with Gasteiger partial charge in [-0.25, -0.2) is 13.6 Å². The first kappa shape index (κ1) is 14.9. The highest BCUT2D eigenvalue weighted by Crippen LogP contribution is 2.22. The van der Waals surface area contributed by atoms with Crippen molar-refractivity contribution in [2.24, 2.45) is 5.73 Å². The number of carboxylic acids is 1. The molecule has 1 atom stereocenters. The molecule has 2 rings (SSSR count). The number of rotatable bonds is 5. The van der Waals surface area contributed by atoms with Crippen molar-refractivity contribution in [3.63, 3.8) is 0 Å². The SMILES string of the molecule is NC(COc1cc(F)cc(F)c1)(C(=O)O)c1ccccc1. The summed E-state index contributed by atoms with van der Waals surface area (Å²) in [6.07, 6.45) is 0. The summed E-state index contributed by atoms with van der Waals surface area (Å²) >= 11 is 0. The van der Waals surface area contributed by atoms with Crippen molar-refractivity contribution in [3.05, 3.63) is 65.7 Å². The summed E-state index contributed by atoms with van der Waals surface area (Å²) in [4.78, 5) is 11.4. The molecule has 0 aliphatic heterocycles. The van der Waals surface area contributed by atoms with Crippen LogP contribution in [0.4, 0.5) is 8.78 Å². The van der Waals surface area contributed by atoms with E-state index >= 15 is 0 Å². The van der Waals surface area contributed by atoms with E-state index in [4.69, 9.17) is 10.5 Å². The summed E-state index contributed by atoms with van der Waals surface area (Å²) in [6, 6.07) is 10.7. The molecule has 0 amide bonds. The zero-order chi connectivity index (χ0) is 15.5. The molecule has 0 heterocycles. The number of nitrogens with two attached hydrogens (primary N) is 1. The molecule has 0 aliphatic carbocycles. The van der Waals surface area contributed by atoms with Crippen LogP contribution in [-0.4, -0.2) is 17.7 Å². The predicted molar refractivity (Wildman–Crippen MR) is 71.8 cm³/mol.